The third kappa shape index (κ3) is 3.61. The zero-order chi connectivity index (χ0) is 14.5. The Morgan fingerprint density at radius 2 is 2.05 bits per heavy atom. The molecule has 0 atom stereocenters. The van der Waals surface area contributed by atoms with E-state index in [0.29, 0.717) is 12.2 Å². The van der Waals surface area contributed by atoms with Gasteiger partial charge in [0.05, 0.1) is 6.61 Å². The van der Waals surface area contributed by atoms with E-state index in [0.717, 1.165) is 21.5 Å². The maximum Gasteiger partial charge on any atom is 0.255 e. The van der Waals surface area contributed by atoms with Crippen molar-refractivity contribution in [3.05, 3.63) is 58.1 Å². The molecule has 0 bridgehead atoms. The van der Waals surface area contributed by atoms with Crippen molar-refractivity contribution in [1.29, 1.82) is 0 Å². The number of ether oxygens (including phenoxy) is 1. The van der Waals surface area contributed by atoms with E-state index in [-0.39, 0.29) is 5.91 Å². The van der Waals surface area contributed by atoms with Crippen LogP contribution in [0.3, 0.4) is 0 Å². The highest BCUT2D eigenvalue weighted by Crippen LogP contribution is 2.20. The number of benzene rings is 2. The van der Waals surface area contributed by atoms with Crippen LogP contribution in [0.15, 0.2) is 46.9 Å². The highest BCUT2D eigenvalue weighted by Gasteiger charge is 2.10. The van der Waals surface area contributed by atoms with Gasteiger partial charge in [0.25, 0.3) is 5.91 Å². The summed E-state index contributed by atoms with van der Waals surface area (Å²) in [6.45, 7) is 4.44. The second-order valence-electron chi connectivity index (χ2n) is 4.37. The van der Waals surface area contributed by atoms with Crippen LogP contribution in [0.5, 0.6) is 5.75 Å². The van der Waals surface area contributed by atoms with Gasteiger partial charge in [-0.25, -0.2) is 0 Å². The topological polar surface area (TPSA) is 38.3 Å². The molecule has 0 aliphatic rings. The van der Waals surface area contributed by atoms with Gasteiger partial charge in [-0.15, -0.1) is 0 Å². The number of anilines is 1. The molecule has 0 fully saturated rings. The number of rotatable bonds is 4. The second-order valence-corrected chi connectivity index (χ2v) is 5.29. The Kier molecular flexibility index (Phi) is 4.79. The first kappa shape index (κ1) is 14.6. The fraction of sp³-hybridized carbons (Fsp3) is 0.188. The third-order valence-electron chi connectivity index (χ3n) is 2.85. The lowest BCUT2D eigenvalue weighted by atomic mass is 10.1. The number of carbonyl (C=O) groups is 1. The smallest absolute Gasteiger partial charge is 0.255 e. The van der Waals surface area contributed by atoms with Crippen LogP contribution < -0.4 is 10.1 Å². The van der Waals surface area contributed by atoms with E-state index >= 15 is 0 Å². The van der Waals surface area contributed by atoms with E-state index in [9.17, 15) is 4.79 Å². The molecule has 2 rings (SSSR count). The minimum absolute atomic E-state index is 0.127. The monoisotopic (exact) mass is 333 g/mol. The molecular formula is C16H16BrNO2. The number of amides is 1. The van der Waals surface area contributed by atoms with Gasteiger partial charge in [0.1, 0.15) is 5.75 Å². The van der Waals surface area contributed by atoms with Gasteiger partial charge in [-0.1, -0.05) is 28.1 Å². The standard InChI is InChI=1S/C16H16BrNO2/c1-3-20-14-6-4-5-13(10-14)18-16(19)15-9-12(17)8-7-11(15)2/h4-10H,3H2,1-2H3,(H,18,19). The van der Waals surface area contributed by atoms with Crippen LogP contribution in [0.25, 0.3) is 0 Å². The highest BCUT2D eigenvalue weighted by atomic mass is 79.9. The van der Waals surface area contributed by atoms with E-state index < -0.39 is 0 Å². The summed E-state index contributed by atoms with van der Waals surface area (Å²) in [7, 11) is 0. The fourth-order valence-electron chi connectivity index (χ4n) is 1.87. The van der Waals surface area contributed by atoms with Crippen LogP contribution in [-0.4, -0.2) is 12.5 Å². The Bertz CT molecular complexity index is 626. The van der Waals surface area contributed by atoms with Crippen LogP contribution in [0.2, 0.25) is 0 Å². The first-order chi connectivity index (χ1) is 9.60. The molecule has 1 N–H and O–H groups in total. The largest absolute Gasteiger partial charge is 0.494 e. The summed E-state index contributed by atoms with van der Waals surface area (Å²) in [4.78, 5) is 12.3. The number of carbonyl (C=O) groups excluding carboxylic acids is 1. The molecule has 4 heteroatoms. The zero-order valence-corrected chi connectivity index (χ0v) is 13.0. The van der Waals surface area contributed by atoms with Crippen molar-refractivity contribution < 1.29 is 9.53 Å². The summed E-state index contributed by atoms with van der Waals surface area (Å²) in [6.07, 6.45) is 0. The minimum atomic E-state index is -0.127. The maximum absolute atomic E-state index is 12.3. The molecule has 104 valence electrons. The number of nitrogens with one attached hydrogen (secondary N) is 1. The van der Waals surface area contributed by atoms with Gasteiger partial charge >= 0.3 is 0 Å². The first-order valence-electron chi connectivity index (χ1n) is 6.40. The molecule has 0 unspecified atom stereocenters. The summed E-state index contributed by atoms with van der Waals surface area (Å²) < 4.78 is 6.30. The normalized spacial score (nSPS) is 10.2. The fourth-order valence-corrected chi connectivity index (χ4v) is 2.23. The Labute approximate surface area is 127 Å². The lowest BCUT2D eigenvalue weighted by Gasteiger charge is -2.10. The molecule has 0 saturated carbocycles. The van der Waals surface area contributed by atoms with E-state index in [1.54, 1.807) is 0 Å². The molecule has 20 heavy (non-hydrogen) atoms. The van der Waals surface area contributed by atoms with E-state index in [1.165, 1.54) is 0 Å². The average Bonchev–Trinajstić information content (AvgIpc) is 2.42. The van der Waals surface area contributed by atoms with E-state index in [2.05, 4.69) is 21.2 Å². The van der Waals surface area contributed by atoms with Crippen LogP contribution >= 0.6 is 15.9 Å². The molecule has 0 radical (unpaired) electrons. The Hall–Kier alpha value is -1.81. The molecule has 0 aromatic heterocycles. The number of aryl methyl sites for hydroxylation is 1. The van der Waals surface area contributed by atoms with Crippen molar-refractivity contribution in [3.63, 3.8) is 0 Å². The summed E-state index contributed by atoms with van der Waals surface area (Å²) in [6, 6.07) is 13.0. The number of halogens is 1. The lowest BCUT2D eigenvalue weighted by molar-refractivity contribution is 0.102. The lowest BCUT2D eigenvalue weighted by Crippen LogP contribution is -2.13. The van der Waals surface area contributed by atoms with Gasteiger partial charge in [0, 0.05) is 21.8 Å². The van der Waals surface area contributed by atoms with E-state index in [4.69, 9.17) is 4.74 Å². The predicted molar refractivity (Wildman–Crippen MR) is 84.4 cm³/mol. The maximum atomic E-state index is 12.3. The van der Waals surface area contributed by atoms with Crippen LogP contribution in [-0.2, 0) is 0 Å². The molecule has 0 spiro atoms. The molecule has 2 aromatic carbocycles. The Morgan fingerprint density at radius 1 is 1.25 bits per heavy atom. The van der Waals surface area contributed by atoms with Crippen LogP contribution in [0.1, 0.15) is 22.8 Å². The van der Waals surface area contributed by atoms with Gasteiger partial charge < -0.3 is 10.1 Å². The van der Waals surface area contributed by atoms with Crippen LogP contribution in [0, 0.1) is 6.92 Å². The van der Waals surface area contributed by atoms with Crippen molar-refractivity contribution in [1.82, 2.24) is 0 Å². The van der Waals surface area contributed by atoms with Crippen molar-refractivity contribution in [2.75, 3.05) is 11.9 Å². The predicted octanol–water partition coefficient (Wildman–Crippen LogP) is 4.41. The summed E-state index contributed by atoms with van der Waals surface area (Å²) in [5.41, 5.74) is 2.31. The average molecular weight is 334 g/mol. The van der Waals surface area contributed by atoms with Gasteiger partial charge in [0.15, 0.2) is 0 Å². The highest BCUT2D eigenvalue weighted by molar-refractivity contribution is 9.10. The van der Waals surface area contributed by atoms with Crippen molar-refractivity contribution >= 4 is 27.5 Å². The van der Waals surface area contributed by atoms with Crippen LogP contribution in [0.4, 0.5) is 5.69 Å². The molecule has 2 aromatic rings. The van der Waals surface area contributed by atoms with Crippen molar-refractivity contribution in [3.8, 4) is 5.75 Å². The van der Waals surface area contributed by atoms with Gasteiger partial charge in [-0.2, -0.15) is 0 Å². The molecule has 0 aliphatic heterocycles. The molecule has 1 amide bonds. The molecule has 0 aliphatic carbocycles. The molecule has 0 heterocycles. The summed E-state index contributed by atoms with van der Waals surface area (Å²) >= 11 is 3.38. The number of hydrogen-bond donors (Lipinski definition) is 1. The SMILES string of the molecule is CCOc1cccc(NC(=O)c2cc(Br)ccc2C)c1. The zero-order valence-electron chi connectivity index (χ0n) is 11.4. The van der Waals surface area contributed by atoms with E-state index in [1.807, 2.05) is 56.3 Å². The second kappa shape index (κ2) is 6.57. The van der Waals surface area contributed by atoms with Gasteiger partial charge in [0.2, 0.25) is 0 Å². The Morgan fingerprint density at radius 3 is 2.80 bits per heavy atom. The quantitative estimate of drug-likeness (QED) is 0.899. The molecule has 3 nitrogen and oxygen atoms in total. The summed E-state index contributed by atoms with van der Waals surface area (Å²) in [5.74, 6) is 0.619. The minimum Gasteiger partial charge on any atom is -0.494 e. The van der Waals surface area contributed by atoms with Gasteiger partial charge in [-0.05, 0) is 43.7 Å². The van der Waals surface area contributed by atoms with Crippen molar-refractivity contribution in [2.45, 2.75) is 13.8 Å². The first-order valence-corrected chi connectivity index (χ1v) is 7.20. The number of hydrogen-bond acceptors (Lipinski definition) is 2. The van der Waals surface area contributed by atoms with Crippen molar-refractivity contribution in [2.24, 2.45) is 0 Å². The molecule has 0 saturated heterocycles. The third-order valence-corrected chi connectivity index (χ3v) is 3.34. The molecular weight excluding hydrogens is 318 g/mol. The summed E-state index contributed by atoms with van der Waals surface area (Å²) in [5, 5.41) is 2.89. The van der Waals surface area contributed by atoms with Gasteiger partial charge in [-0.3, -0.25) is 4.79 Å². The Balaban J connectivity index is 2.19.